The van der Waals surface area contributed by atoms with Crippen molar-refractivity contribution in [3.8, 4) is 0 Å². The fraction of sp³-hybridized carbons (Fsp3) is 0.526. The van der Waals surface area contributed by atoms with E-state index in [9.17, 15) is 33.1 Å². The highest BCUT2D eigenvalue weighted by atomic mass is 19.3. The van der Waals surface area contributed by atoms with Gasteiger partial charge in [-0.25, -0.2) is 9.59 Å². The molecule has 0 aliphatic carbocycles. The van der Waals surface area contributed by atoms with E-state index in [2.05, 4.69) is 10.3 Å². The summed E-state index contributed by atoms with van der Waals surface area (Å²) in [7, 11) is 0. The number of carbonyl (C=O) groups is 3. The molecule has 2 aliphatic heterocycles. The van der Waals surface area contributed by atoms with E-state index in [4.69, 9.17) is 14.6 Å². The zero-order valence-corrected chi connectivity index (χ0v) is 17.2. The van der Waals surface area contributed by atoms with Crippen molar-refractivity contribution in [2.24, 2.45) is 0 Å². The first-order valence-electron chi connectivity index (χ1n) is 10.0. The predicted molar refractivity (Wildman–Crippen MR) is 105 cm³/mol. The fourth-order valence-electron chi connectivity index (χ4n) is 3.29. The highest BCUT2D eigenvalue weighted by molar-refractivity contribution is 6.12. The van der Waals surface area contributed by atoms with Crippen molar-refractivity contribution in [2.75, 3.05) is 25.1 Å². The van der Waals surface area contributed by atoms with Gasteiger partial charge in [0, 0.05) is 24.9 Å². The second-order valence-corrected chi connectivity index (χ2v) is 7.31. The summed E-state index contributed by atoms with van der Waals surface area (Å²) in [6.45, 7) is -0.588. The molecule has 3 N–H and O–H groups in total. The number of alkyl halides is 2. The van der Waals surface area contributed by atoms with Crippen molar-refractivity contribution in [3.05, 3.63) is 34.9 Å². The second kappa shape index (κ2) is 10.1. The third kappa shape index (κ3) is 5.40. The first kappa shape index (κ1) is 24.4. The van der Waals surface area contributed by atoms with Gasteiger partial charge in [0.15, 0.2) is 6.10 Å². The Hall–Kier alpha value is -3.23. The number of anilines is 1. The average Bonchev–Trinajstić information content (AvgIpc) is 3.20. The van der Waals surface area contributed by atoms with Crippen molar-refractivity contribution in [1.82, 2.24) is 14.5 Å². The van der Waals surface area contributed by atoms with Gasteiger partial charge < -0.3 is 19.7 Å². The minimum atomic E-state index is -3.85. The van der Waals surface area contributed by atoms with Gasteiger partial charge in [-0.3, -0.25) is 24.4 Å². The maximum absolute atomic E-state index is 14.2. The molecule has 0 aromatic carbocycles. The average molecular weight is 472 g/mol. The minimum absolute atomic E-state index is 0.0195. The summed E-state index contributed by atoms with van der Waals surface area (Å²) in [5.41, 5.74) is -1.18. The van der Waals surface area contributed by atoms with Crippen molar-refractivity contribution in [2.45, 2.75) is 43.6 Å². The van der Waals surface area contributed by atoms with Crippen LogP contribution in [0, 0.1) is 0 Å². The van der Waals surface area contributed by atoms with Crippen LogP contribution in [0.25, 0.3) is 0 Å². The van der Waals surface area contributed by atoms with Gasteiger partial charge in [0.05, 0.1) is 13.2 Å². The third-order valence-electron chi connectivity index (χ3n) is 5.03. The molecule has 3 rings (SSSR count). The monoisotopic (exact) mass is 472 g/mol. The van der Waals surface area contributed by atoms with Gasteiger partial charge in [-0.2, -0.15) is 13.8 Å². The van der Waals surface area contributed by atoms with E-state index in [0.717, 1.165) is 17.2 Å². The fourth-order valence-corrected chi connectivity index (χ4v) is 3.29. The number of ether oxygens (including phenoxy) is 2. The topological polar surface area (TPSA) is 160 Å². The Morgan fingerprint density at radius 2 is 1.91 bits per heavy atom. The van der Waals surface area contributed by atoms with E-state index in [1.165, 1.54) is 12.2 Å². The van der Waals surface area contributed by atoms with Crippen LogP contribution in [0.2, 0.25) is 0 Å². The number of hydrogen-bond acceptors (Lipinski definition) is 9. The Labute approximate surface area is 185 Å². The number of amides is 3. The molecule has 0 unspecified atom stereocenters. The van der Waals surface area contributed by atoms with Crippen LogP contribution < -0.4 is 11.0 Å². The number of nitrogens with one attached hydrogen (secondary N) is 1. The number of aliphatic hydroxyl groups is 2. The summed E-state index contributed by atoms with van der Waals surface area (Å²) in [4.78, 5) is 51.4. The number of halogens is 2. The molecule has 12 nitrogen and oxygen atoms in total. The van der Waals surface area contributed by atoms with E-state index in [0.29, 0.717) is 23.8 Å². The normalized spacial score (nSPS) is 23.9. The largest absolute Gasteiger partial charge is 0.449 e. The Bertz CT molecular complexity index is 980. The van der Waals surface area contributed by atoms with Crippen molar-refractivity contribution in [1.29, 1.82) is 0 Å². The lowest BCUT2D eigenvalue weighted by Gasteiger charge is -2.21. The third-order valence-corrected chi connectivity index (χ3v) is 5.03. The Morgan fingerprint density at radius 3 is 2.52 bits per heavy atom. The van der Waals surface area contributed by atoms with Gasteiger partial charge in [0.2, 0.25) is 6.23 Å². The number of aliphatic hydroxyl groups excluding tert-OH is 2. The number of carbonyl (C=O) groups excluding carboxylic acids is 3. The molecule has 180 valence electrons. The molecule has 3 amide bonds. The molecular formula is C19H22F2N4O8. The number of imide groups is 1. The van der Waals surface area contributed by atoms with Crippen LogP contribution in [0.3, 0.4) is 0 Å². The van der Waals surface area contributed by atoms with Crippen LogP contribution in [0.4, 0.5) is 19.4 Å². The predicted octanol–water partition coefficient (Wildman–Crippen LogP) is -0.227. The first-order chi connectivity index (χ1) is 15.6. The summed E-state index contributed by atoms with van der Waals surface area (Å²) in [6, 6.07) is 1.07. The summed E-state index contributed by atoms with van der Waals surface area (Å²) < 4.78 is 38.6. The van der Waals surface area contributed by atoms with Crippen LogP contribution in [-0.4, -0.2) is 80.5 Å². The summed E-state index contributed by atoms with van der Waals surface area (Å²) in [6.07, 6.45) is -2.11. The summed E-state index contributed by atoms with van der Waals surface area (Å²) in [5.74, 6) is -4.82. The lowest BCUT2D eigenvalue weighted by molar-refractivity contribution is -0.141. The van der Waals surface area contributed by atoms with E-state index in [1.54, 1.807) is 0 Å². The summed E-state index contributed by atoms with van der Waals surface area (Å²) >= 11 is 0. The first-order valence-corrected chi connectivity index (χ1v) is 10.0. The molecule has 0 saturated carbocycles. The standard InChI is InChI=1S/C19H22F2N4O8/c20-19(21)15(29)11(10-26)33-16(19)25-8-6-12(22-17(25)30)23-18(31)32-9-3-1-2-7-24-13(27)4-5-14(24)28/h4-6,8,11,15-16,26,29H,1-3,7,9-10H2,(H,22,23,30,31)/t11-,15-,16-/m1/s1. The number of unbranched alkanes of at least 4 members (excludes halogenated alkanes) is 2. The number of nitrogens with zero attached hydrogens (tertiary/aromatic N) is 3. The van der Waals surface area contributed by atoms with E-state index in [-0.39, 0.29) is 30.8 Å². The number of hydrogen-bond donors (Lipinski definition) is 3. The Balaban J connectivity index is 1.43. The highest BCUT2D eigenvalue weighted by Gasteiger charge is 2.59. The molecule has 3 atom stereocenters. The lowest BCUT2D eigenvalue weighted by Crippen LogP contribution is -2.41. The minimum Gasteiger partial charge on any atom is -0.449 e. The molecule has 2 aliphatic rings. The van der Waals surface area contributed by atoms with Crippen molar-refractivity contribution in [3.63, 3.8) is 0 Å². The van der Waals surface area contributed by atoms with Gasteiger partial charge in [-0.05, 0) is 25.3 Å². The number of aromatic nitrogens is 2. The summed E-state index contributed by atoms with van der Waals surface area (Å²) in [5, 5.41) is 20.8. The maximum atomic E-state index is 14.2. The van der Waals surface area contributed by atoms with Crippen LogP contribution in [0.15, 0.2) is 29.2 Å². The van der Waals surface area contributed by atoms with Crippen LogP contribution in [0.5, 0.6) is 0 Å². The Morgan fingerprint density at radius 1 is 1.21 bits per heavy atom. The van der Waals surface area contributed by atoms with Crippen molar-refractivity contribution < 1.29 is 42.9 Å². The molecule has 1 fully saturated rings. The smallest absolute Gasteiger partial charge is 0.412 e. The van der Waals surface area contributed by atoms with Gasteiger partial charge in [0.25, 0.3) is 11.8 Å². The van der Waals surface area contributed by atoms with Gasteiger partial charge >= 0.3 is 17.7 Å². The molecule has 0 radical (unpaired) electrons. The van der Waals surface area contributed by atoms with E-state index >= 15 is 0 Å². The van der Waals surface area contributed by atoms with Crippen molar-refractivity contribution >= 4 is 23.7 Å². The van der Waals surface area contributed by atoms with Crippen LogP contribution in [0.1, 0.15) is 25.5 Å². The number of rotatable bonds is 9. The van der Waals surface area contributed by atoms with Gasteiger partial charge in [0.1, 0.15) is 11.9 Å². The molecule has 0 bridgehead atoms. The zero-order chi connectivity index (χ0) is 24.2. The SMILES string of the molecule is O=C(Nc1ccn([C@@H]2O[C@H](CO)[C@@H](O)C2(F)F)c(=O)n1)OCCCCCN1C(=O)C=CC1=O. The molecule has 1 saturated heterocycles. The zero-order valence-electron chi connectivity index (χ0n) is 17.2. The van der Waals surface area contributed by atoms with Gasteiger partial charge in [-0.15, -0.1) is 0 Å². The molecule has 3 heterocycles. The molecule has 33 heavy (non-hydrogen) atoms. The lowest BCUT2D eigenvalue weighted by atomic mass is 10.1. The molecule has 14 heteroatoms. The maximum Gasteiger partial charge on any atom is 0.412 e. The van der Waals surface area contributed by atoms with E-state index < -0.39 is 42.7 Å². The quantitative estimate of drug-likeness (QED) is 0.326. The Kier molecular flexibility index (Phi) is 7.50. The molecule has 1 aromatic heterocycles. The van der Waals surface area contributed by atoms with Crippen LogP contribution in [-0.2, 0) is 19.1 Å². The second-order valence-electron chi connectivity index (χ2n) is 7.31. The molecular weight excluding hydrogens is 450 g/mol. The van der Waals surface area contributed by atoms with Crippen LogP contribution >= 0.6 is 0 Å². The molecule has 0 spiro atoms. The van der Waals surface area contributed by atoms with E-state index in [1.807, 2.05) is 0 Å². The molecule has 1 aromatic rings. The highest BCUT2D eigenvalue weighted by Crippen LogP contribution is 2.41. The van der Waals surface area contributed by atoms with Gasteiger partial charge in [-0.1, -0.05) is 0 Å².